The van der Waals surface area contributed by atoms with Crippen LogP contribution in [0.15, 0.2) is 42.5 Å². The van der Waals surface area contributed by atoms with Crippen LogP contribution >= 0.6 is 34.8 Å². The van der Waals surface area contributed by atoms with Gasteiger partial charge in [0.1, 0.15) is 0 Å². The predicted molar refractivity (Wildman–Crippen MR) is 81.8 cm³/mol. The SMILES string of the molecule is Fc1c(Cl)cc(-n2c(Cl)nnc2-c2ccccc2)cc1Cl. The normalized spacial score (nSPS) is 10.9. The third-order valence-electron chi connectivity index (χ3n) is 2.88. The Morgan fingerprint density at radius 2 is 1.52 bits per heavy atom. The highest BCUT2D eigenvalue weighted by molar-refractivity contribution is 6.35. The van der Waals surface area contributed by atoms with Gasteiger partial charge < -0.3 is 0 Å². The van der Waals surface area contributed by atoms with Crippen LogP contribution in [-0.4, -0.2) is 14.8 Å². The molecular formula is C14H7Cl3FN3. The molecule has 0 unspecified atom stereocenters. The molecule has 0 spiro atoms. The molecule has 0 atom stereocenters. The fraction of sp³-hybridized carbons (Fsp3) is 0. The fourth-order valence-electron chi connectivity index (χ4n) is 1.94. The van der Waals surface area contributed by atoms with Crippen LogP contribution in [0, 0.1) is 5.82 Å². The van der Waals surface area contributed by atoms with Gasteiger partial charge in [0, 0.05) is 5.56 Å². The Kier molecular flexibility index (Phi) is 3.85. The molecule has 0 aliphatic carbocycles. The van der Waals surface area contributed by atoms with Crippen molar-refractivity contribution in [2.24, 2.45) is 0 Å². The van der Waals surface area contributed by atoms with Gasteiger partial charge in [-0.1, -0.05) is 53.5 Å². The number of rotatable bonds is 2. The zero-order valence-electron chi connectivity index (χ0n) is 10.4. The topological polar surface area (TPSA) is 30.7 Å². The van der Waals surface area contributed by atoms with E-state index in [2.05, 4.69) is 10.2 Å². The van der Waals surface area contributed by atoms with Gasteiger partial charge in [-0.2, -0.15) is 0 Å². The minimum absolute atomic E-state index is 0.0960. The van der Waals surface area contributed by atoms with Crippen LogP contribution < -0.4 is 0 Å². The number of aromatic nitrogens is 3. The highest BCUT2D eigenvalue weighted by Crippen LogP contribution is 2.31. The second-order valence-electron chi connectivity index (χ2n) is 4.22. The lowest BCUT2D eigenvalue weighted by molar-refractivity contribution is 0.628. The van der Waals surface area contributed by atoms with Gasteiger partial charge in [-0.25, -0.2) is 4.39 Å². The number of halogens is 4. The predicted octanol–water partition coefficient (Wildman–Crippen LogP) is 5.03. The third kappa shape index (κ3) is 2.62. The maximum absolute atomic E-state index is 13.5. The largest absolute Gasteiger partial charge is 0.266 e. The van der Waals surface area contributed by atoms with Crippen molar-refractivity contribution in [3.05, 3.63) is 63.6 Å². The molecule has 0 N–H and O–H groups in total. The van der Waals surface area contributed by atoms with E-state index in [1.54, 1.807) is 4.57 Å². The van der Waals surface area contributed by atoms with Crippen LogP contribution in [0.1, 0.15) is 0 Å². The van der Waals surface area contributed by atoms with Gasteiger partial charge in [-0.05, 0) is 23.7 Å². The summed E-state index contributed by atoms with van der Waals surface area (Å²) in [5.74, 6) is -0.160. The molecule has 3 rings (SSSR count). The van der Waals surface area contributed by atoms with Crippen molar-refractivity contribution in [3.8, 4) is 17.1 Å². The van der Waals surface area contributed by atoms with E-state index in [0.717, 1.165) is 5.56 Å². The Balaban J connectivity index is 2.22. The van der Waals surface area contributed by atoms with Gasteiger partial charge in [0.15, 0.2) is 11.6 Å². The Hall–Kier alpha value is -1.62. The maximum Gasteiger partial charge on any atom is 0.229 e. The summed E-state index contributed by atoms with van der Waals surface area (Å²) in [6, 6.07) is 12.2. The summed E-state index contributed by atoms with van der Waals surface area (Å²) in [7, 11) is 0. The molecule has 3 nitrogen and oxygen atoms in total. The molecule has 3 aromatic rings. The summed E-state index contributed by atoms with van der Waals surface area (Å²) in [6.45, 7) is 0. The molecule has 0 saturated heterocycles. The van der Waals surface area contributed by atoms with Crippen molar-refractivity contribution in [2.75, 3.05) is 0 Å². The van der Waals surface area contributed by atoms with Gasteiger partial charge in [-0.3, -0.25) is 4.57 Å². The Bertz CT molecular complexity index is 779. The second-order valence-corrected chi connectivity index (χ2v) is 5.37. The quantitative estimate of drug-likeness (QED) is 0.611. The average Bonchev–Trinajstić information content (AvgIpc) is 2.87. The van der Waals surface area contributed by atoms with Gasteiger partial charge in [0.2, 0.25) is 5.28 Å². The maximum atomic E-state index is 13.5. The average molecular weight is 343 g/mol. The van der Waals surface area contributed by atoms with E-state index in [1.165, 1.54) is 12.1 Å². The smallest absolute Gasteiger partial charge is 0.229 e. The van der Waals surface area contributed by atoms with Crippen LogP contribution in [0.3, 0.4) is 0 Å². The molecule has 2 aromatic carbocycles. The first-order valence-corrected chi connectivity index (χ1v) is 7.02. The molecular weight excluding hydrogens is 336 g/mol. The first-order valence-electron chi connectivity index (χ1n) is 5.89. The lowest BCUT2D eigenvalue weighted by atomic mass is 10.2. The highest BCUT2D eigenvalue weighted by Gasteiger charge is 2.16. The summed E-state index contributed by atoms with van der Waals surface area (Å²) in [5, 5.41) is 7.83. The van der Waals surface area contributed by atoms with Crippen LogP contribution in [0.25, 0.3) is 17.1 Å². The molecule has 0 bridgehead atoms. The van der Waals surface area contributed by atoms with E-state index in [1.807, 2.05) is 30.3 Å². The highest BCUT2D eigenvalue weighted by atomic mass is 35.5. The first-order chi connectivity index (χ1) is 10.1. The number of nitrogens with zero attached hydrogens (tertiary/aromatic N) is 3. The van der Waals surface area contributed by atoms with Gasteiger partial charge in [0.05, 0.1) is 15.7 Å². The lowest BCUT2D eigenvalue weighted by Gasteiger charge is -2.09. The first kappa shape index (κ1) is 14.3. The fourth-order valence-corrected chi connectivity index (χ4v) is 2.63. The summed E-state index contributed by atoms with van der Waals surface area (Å²) >= 11 is 17.7. The molecule has 0 saturated carbocycles. The zero-order valence-corrected chi connectivity index (χ0v) is 12.7. The van der Waals surface area contributed by atoms with E-state index in [0.29, 0.717) is 11.5 Å². The monoisotopic (exact) mass is 341 g/mol. The van der Waals surface area contributed by atoms with E-state index in [9.17, 15) is 4.39 Å². The molecule has 106 valence electrons. The van der Waals surface area contributed by atoms with Crippen LogP contribution in [0.4, 0.5) is 4.39 Å². The summed E-state index contributed by atoms with van der Waals surface area (Å²) in [4.78, 5) is 0. The number of hydrogen-bond acceptors (Lipinski definition) is 2. The molecule has 21 heavy (non-hydrogen) atoms. The van der Waals surface area contributed by atoms with Crippen molar-refractivity contribution in [3.63, 3.8) is 0 Å². The molecule has 7 heteroatoms. The zero-order chi connectivity index (χ0) is 15.0. The minimum atomic E-state index is -0.674. The molecule has 1 heterocycles. The third-order valence-corrected chi connectivity index (χ3v) is 3.68. The van der Waals surface area contributed by atoms with E-state index in [-0.39, 0.29) is 15.3 Å². The lowest BCUT2D eigenvalue weighted by Crippen LogP contribution is -1.99. The molecule has 0 aliphatic rings. The number of hydrogen-bond donors (Lipinski definition) is 0. The minimum Gasteiger partial charge on any atom is -0.266 e. The second kappa shape index (κ2) is 5.64. The van der Waals surface area contributed by atoms with Crippen LogP contribution in [0.5, 0.6) is 0 Å². The van der Waals surface area contributed by atoms with Crippen LogP contribution in [-0.2, 0) is 0 Å². The molecule has 1 aromatic heterocycles. The molecule has 0 aliphatic heterocycles. The van der Waals surface area contributed by atoms with Crippen molar-refractivity contribution in [1.82, 2.24) is 14.8 Å². The van der Waals surface area contributed by atoms with Crippen molar-refractivity contribution in [2.45, 2.75) is 0 Å². The summed E-state index contributed by atoms with van der Waals surface area (Å²) < 4.78 is 15.1. The van der Waals surface area contributed by atoms with Crippen LogP contribution in [0.2, 0.25) is 15.3 Å². The summed E-state index contributed by atoms with van der Waals surface area (Å²) in [5.41, 5.74) is 1.30. The van der Waals surface area contributed by atoms with Crippen molar-refractivity contribution < 1.29 is 4.39 Å². The van der Waals surface area contributed by atoms with E-state index in [4.69, 9.17) is 34.8 Å². The van der Waals surface area contributed by atoms with Gasteiger partial charge >= 0.3 is 0 Å². The van der Waals surface area contributed by atoms with Gasteiger partial charge in [-0.15, -0.1) is 10.2 Å². The Morgan fingerprint density at radius 1 is 0.905 bits per heavy atom. The number of benzene rings is 2. The molecule has 0 amide bonds. The van der Waals surface area contributed by atoms with E-state index < -0.39 is 5.82 Å². The Morgan fingerprint density at radius 3 is 2.14 bits per heavy atom. The van der Waals surface area contributed by atoms with Crippen molar-refractivity contribution in [1.29, 1.82) is 0 Å². The molecule has 0 fully saturated rings. The Labute approximate surface area is 134 Å². The van der Waals surface area contributed by atoms with E-state index >= 15 is 0 Å². The van der Waals surface area contributed by atoms with Gasteiger partial charge in [0.25, 0.3) is 0 Å². The molecule has 0 radical (unpaired) electrons. The standard InChI is InChI=1S/C14H7Cl3FN3/c15-10-6-9(7-11(16)12(10)18)21-13(19-20-14(21)17)8-4-2-1-3-5-8/h1-7H. The van der Waals surface area contributed by atoms with Crippen molar-refractivity contribution >= 4 is 34.8 Å². The summed E-state index contributed by atoms with van der Waals surface area (Å²) in [6.07, 6.45) is 0.